The van der Waals surface area contributed by atoms with Crippen molar-refractivity contribution in [2.45, 2.75) is 31.8 Å². The number of nitrogens with zero attached hydrogens (tertiary/aromatic N) is 1. The van der Waals surface area contributed by atoms with Crippen LogP contribution in [0.15, 0.2) is 60.7 Å². The Kier molecular flexibility index (Phi) is 4.46. The molecule has 1 atom stereocenters. The zero-order valence-corrected chi connectivity index (χ0v) is 17.2. The normalized spacial score (nSPS) is 21.0. The summed E-state index contributed by atoms with van der Waals surface area (Å²) < 4.78 is 12.0. The van der Waals surface area contributed by atoms with Crippen molar-refractivity contribution < 1.29 is 9.47 Å². The molecule has 2 aliphatic heterocycles. The highest BCUT2D eigenvalue weighted by Crippen LogP contribution is 2.44. The van der Waals surface area contributed by atoms with Crippen LogP contribution in [0.1, 0.15) is 37.3 Å². The van der Waals surface area contributed by atoms with Gasteiger partial charge in [0.1, 0.15) is 17.1 Å². The lowest BCUT2D eigenvalue weighted by atomic mass is 9.90. The van der Waals surface area contributed by atoms with Crippen LogP contribution < -0.4 is 14.4 Å². The molecular formula is C26H27NO2. The Bertz CT molecular complexity index is 1060. The highest BCUT2D eigenvalue weighted by Gasteiger charge is 2.31. The summed E-state index contributed by atoms with van der Waals surface area (Å²) in [6, 6.07) is 19.1. The standard InChI is InChI=1S/C26H27NO2/c1-26(19-10-12-20(28-2)13-11-19)15-14-23-21-8-4-5-9-22(21)24(18-25(23)29-26)27-16-6-3-7-17-27/h4-5,8-15,18H,3,6-7,16-17H2,1-2H3. The van der Waals surface area contributed by atoms with Crippen LogP contribution in [0.4, 0.5) is 5.69 Å². The number of piperidine rings is 1. The topological polar surface area (TPSA) is 21.7 Å². The smallest absolute Gasteiger partial charge is 0.150 e. The Morgan fingerprint density at radius 2 is 1.66 bits per heavy atom. The number of methoxy groups -OCH3 is 1. The van der Waals surface area contributed by atoms with Gasteiger partial charge in [0.05, 0.1) is 7.11 Å². The van der Waals surface area contributed by atoms with Crippen molar-refractivity contribution in [3.63, 3.8) is 0 Å². The van der Waals surface area contributed by atoms with Crippen molar-refractivity contribution in [3.05, 3.63) is 71.8 Å². The molecule has 29 heavy (non-hydrogen) atoms. The predicted molar refractivity (Wildman–Crippen MR) is 120 cm³/mol. The van der Waals surface area contributed by atoms with E-state index >= 15 is 0 Å². The fraction of sp³-hybridized carbons (Fsp3) is 0.308. The number of anilines is 1. The van der Waals surface area contributed by atoms with Gasteiger partial charge in [-0.3, -0.25) is 0 Å². The molecule has 0 N–H and O–H groups in total. The lowest BCUT2D eigenvalue weighted by molar-refractivity contribution is 0.138. The van der Waals surface area contributed by atoms with Crippen LogP contribution >= 0.6 is 0 Å². The van der Waals surface area contributed by atoms with Crippen LogP contribution in [0.25, 0.3) is 16.8 Å². The third-order valence-corrected chi connectivity index (χ3v) is 6.28. The minimum atomic E-state index is -0.499. The van der Waals surface area contributed by atoms with Crippen molar-refractivity contribution in [2.75, 3.05) is 25.1 Å². The minimum absolute atomic E-state index is 0.499. The molecule has 0 radical (unpaired) electrons. The van der Waals surface area contributed by atoms with E-state index in [1.165, 1.54) is 41.3 Å². The van der Waals surface area contributed by atoms with Gasteiger partial charge in [0.25, 0.3) is 0 Å². The van der Waals surface area contributed by atoms with E-state index in [0.29, 0.717) is 0 Å². The van der Waals surface area contributed by atoms with Gasteiger partial charge >= 0.3 is 0 Å². The van der Waals surface area contributed by atoms with Crippen molar-refractivity contribution in [1.29, 1.82) is 0 Å². The van der Waals surface area contributed by atoms with E-state index in [1.807, 2.05) is 12.1 Å². The van der Waals surface area contributed by atoms with Gasteiger partial charge in [-0.25, -0.2) is 0 Å². The molecule has 0 saturated carbocycles. The quantitative estimate of drug-likeness (QED) is 0.539. The predicted octanol–water partition coefficient (Wildman–Crippen LogP) is 6.16. The molecule has 3 aromatic rings. The first-order valence-electron chi connectivity index (χ1n) is 10.5. The molecule has 2 heterocycles. The lowest BCUT2D eigenvalue weighted by Gasteiger charge is -2.35. The van der Waals surface area contributed by atoms with Gasteiger partial charge in [0, 0.05) is 35.8 Å². The fourth-order valence-corrected chi connectivity index (χ4v) is 4.59. The number of hydrogen-bond acceptors (Lipinski definition) is 3. The molecule has 0 spiro atoms. The van der Waals surface area contributed by atoms with Crippen molar-refractivity contribution >= 4 is 22.5 Å². The second-order valence-electron chi connectivity index (χ2n) is 8.17. The Morgan fingerprint density at radius 3 is 2.38 bits per heavy atom. The van der Waals surface area contributed by atoms with Gasteiger partial charge in [-0.2, -0.15) is 0 Å². The molecule has 1 fully saturated rings. The lowest BCUT2D eigenvalue weighted by Crippen LogP contribution is -2.31. The van der Waals surface area contributed by atoms with Crippen LogP contribution in [0.5, 0.6) is 11.5 Å². The molecule has 148 valence electrons. The highest BCUT2D eigenvalue weighted by atomic mass is 16.5. The van der Waals surface area contributed by atoms with E-state index in [2.05, 4.69) is 66.4 Å². The molecule has 5 rings (SSSR count). The van der Waals surface area contributed by atoms with Crippen LogP contribution in [0, 0.1) is 0 Å². The summed E-state index contributed by atoms with van der Waals surface area (Å²) in [7, 11) is 1.69. The number of fused-ring (bicyclic) bond motifs is 3. The van der Waals surface area contributed by atoms with E-state index in [1.54, 1.807) is 7.11 Å². The second-order valence-corrected chi connectivity index (χ2v) is 8.17. The SMILES string of the molecule is COc1ccc(C2(C)C=Cc3c(cc(N4CCCCC4)c4ccccc34)O2)cc1. The van der Waals surface area contributed by atoms with Gasteiger partial charge in [-0.1, -0.05) is 42.5 Å². The van der Waals surface area contributed by atoms with Crippen LogP contribution in [-0.4, -0.2) is 20.2 Å². The molecule has 3 heteroatoms. The summed E-state index contributed by atoms with van der Waals surface area (Å²) in [5.74, 6) is 1.82. The number of hydrogen-bond donors (Lipinski definition) is 0. The van der Waals surface area contributed by atoms with E-state index in [-0.39, 0.29) is 0 Å². The maximum atomic E-state index is 6.66. The van der Waals surface area contributed by atoms with Crippen LogP contribution in [-0.2, 0) is 5.60 Å². The summed E-state index contributed by atoms with van der Waals surface area (Å²) in [6.07, 6.45) is 8.25. The van der Waals surface area contributed by atoms with E-state index < -0.39 is 5.60 Å². The molecule has 1 saturated heterocycles. The Balaban J connectivity index is 1.60. The van der Waals surface area contributed by atoms with Gasteiger partial charge in [0.15, 0.2) is 0 Å². The average Bonchev–Trinajstić information content (AvgIpc) is 2.79. The number of benzene rings is 3. The minimum Gasteiger partial charge on any atom is -0.497 e. The molecule has 2 aliphatic rings. The Labute approximate surface area is 172 Å². The zero-order valence-electron chi connectivity index (χ0n) is 17.2. The third kappa shape index (κ3) is 3.15. The molecule has 3 nitrogen and oxygen atoms in total. The summed E-state index contributed by atoms with van der Waals surface area (Å²) in [6.45, 7) is 4.37. The first-order valence-corrected chi connectivity index (χ1v) is 10.5. The summed E-state index contributed by atoms with van der Waals surface area (Å²) in [5, 5.41) is 2.58. The third-order valence-electron chi connectivity index (χ3n) is 6.28. The van der Waals surface area contributed by atoms with E-state index in [0.717, 1.165) is 30.2 Å². The Morgan fingerprint density at radius 1 is 0.931 bits per heavy atom. The van der Waals surface area contributed by atoms with Gasteiger partial charge < -0.3 is 14.4 Å². The molecule has 0 aliphatic carbocycles. The molecule has 0 amide bonds. The van der Waals surface area contributed by atoms with Crippen LogP contribution in [0.3, 0.4) is 0 Å². The maximum Gasteiger partial charge on any atom is 0.150 e. The highest BCUT2D eigenvalue weighted by molar-refractivity contribution is 6.02. The van der Waals surface area contributed by atoms with Crippen molar-refractivity contribution in [3.8, 4) is 11.5 Å². The number of ether oxygens (including phenoxy) is 2. The van der Waals surface area contributed by atoms with E-state index in [9.17, 15) is 0 Å². The molecular weight excluding hydrogens is 358 g/mol. The zero-order chi connectivity index (χ0) is 19.8. The number of rotatable bonds is 3. The molecule has 3 aromatic carbocycles. The summed E-state index contributed by atoms with van der Waals surface area (Å²) >= 11 is 0. The molecule has 0 bridgehead atoms. The van der Waals surface area contributed by atoms with E-state index in [4.69, 9.17) is 9.47 Å². The Hall–Kier alpha value is -2.94. The monoisotopic (exact) mass is 385 g/mol. The van der Waals surface area contributed by atoms with Gasteiger partial charge in [-0.15, -0.1) is 0 Å². The van der Waals surface area contributed by atoms with Crippen molar-refractivity contribution in [1.82, 2.24) is 0 Å². The van der Waals surface area contributed by atoms with Gasteiger partial charge in [-0.05, 0) is 55.3 Å². The summed E-state index contributed by atoms with van der Waals surface area (Å²) in [4.78, 5) is 2.53. The fourth-order valence-electron chi connectivity index (χ4n) is 4.59. The second kappa shape index (κ2) is 7.14. The van der Waals surface area contributed by atoms with Gasteiger partial charge in [0.2, 0.25) is 0 Å². The maximum absolute atomic E-state index is 6.66. The first kappa shape index (κ1) is 18.1. The average molecular weight is 386 g/mol. The largest absolute Gasteiger partial charge is 0.497 e. The molecule has 1 unspecified atom stereocenters. The molecule has 0 aromatic heterocycles. The van der Waals surface area contributed by atoms with Crippen LogP contribution in [0.2, 0.25) is 0 Å². The first-order chi connectivity index (χ1) is 14.2. The summed E-state index contributed by atoms with van der Waals surface area (Å²) in [5.41, 5.74) is 3.09. The van der Waals surface area contributed by atoms with Crippen molar-refractivity contribution in [2.24, 2.45) is 0 Å².